The van der Waals surface area contributed by atoms with Crippen LogP contribution in [-0.2, 0) is 16.0 Å². The van der Waals surface area contributed by atoms with E-state index in [2.05, 4.69) is 27.8 Å². The van der Waals surface area contributed by atoms with Crippen molar-refractivity contribution in [2.75, 3.05) is 22.9 Å². The molecule has 11 heteroatoms. The fraction of sp³-hybridized carbons (Fsp3) is 0.190. The Labute approximate surface area is 184 Å². The van der Waals surface area contributed by atoms with Crippen LogP contribution in [0.5, 0.6) is 0 Å². The topological polar surface area (TPSA) is 117 Å². The second-order valence-electron chi connectivity index (χ2n) is 6.99. The van der Waals surface area contributed by atoms with Crippen LogP contribution in [0.15, 0.2) is 41.4 Å². The van der Waals surface area contributed by atoms with Crippen LogP contribution in [0.3, 0.4) is 0 Å². The Balaban J connectivity index is 0.000000307. The number of amides is 1. The van der Waals surface area contributed by atoms with Crippen molar-refractivity contribution in [3.05, 3.63) is 42.1 Å². The highest BCUT2D eigenvalue weighted by Gasteiger charge is 2.38. The summed E-state index contributed by atoms with van der Waals surface area (Å²) in [7, 11) is 0. The molecule has 0 saturated carbocycles. The van der Waals surface area contributed by atoms with Crippen molar-refractivity contribution in [2.24, 2.45) is 5.73 Å². The highest BCUT2D eigenvalue weighted by molar-refractivity contribution is 8.00. The Morgan fingerprint density at radius 3 is 2.56 bits per heavy atom. The van der Waals surface area contributed by atoms with Crippen molar-refractivity contribution < 1.29 is 27.9 Å². The molecule has 2 aliphatic rings. The number of carbonyl (C=O) groups is 2. The van der Waals surface area contributed by atoms with Gasteiger partial charge in [0.25, 0.3) is 0 Å². The summed E-state index contributed by atoms with van der Waals surface area (Å²) in [5.41, 5.74) is 13.2. The molecule has 1 amide bonds. The largest absolute Gasteiger partial charge is 0.490 e. The van der Waals surface area contributed by atoms with Gasteiger partial charge in [-0.3, -0.25) is 9.78 Å². The van der Waals surface area contributed by atoms with Crippen LogP contribution >= 0.6 is 11.8 Å². The number of carboxylic acid groups (broad SMARTS) is 1. The molecule has 166 valence electrons. The zero-order valence-electron chi connectivity index (χ0n) is 16.4. The highest BCUT2D eigenvalue weighted by atomic mass is 32.2. The number of rotatable bonds is 2. The molecule has 7 nitrogen and oxygen atoms in total. The van der Waals surface area contributed by atoms with Gasteiger partial charge in [0.15, 0.2) is 0 Å². The number of carboxylic acids is 1. The monoisotopic (exact) mass is 462 g/mol. The van der Waals surface area contributed by atoms with E-state index in [4.69, 9.17) is 15.6 Å². The van der Waals surface area contributed by atoms with Gasteiger partial charge in [-0.15, -0.1) is 11.8 Å². The van der Waals surface area contributed by atoms with E-state index < -0.39 is 12.1 Å². The van der Waals surface area contributed by atoms with Gasteiger partial charge >= 0.3 is 12.1 Å². The van der Waals surface area contributed by atoms with Crippen LogP contribution in [0.1, 0.15) is 5.56 Å². The molecular formula is C21H17F3N4O3S. The molecule has 0 spiro atoms. The number of fused-ring (bicyclic) bond motifs is 4. The number of pyridine rings is 1. The van der Waals surface area contributed by atoms with Gasteiger partial charge in [-0.2, -0.15) is 13.2 Å². The van der Waals surface area contributed by atoms with Crippen LogP contribution in [0.4, 0.5) is 30.2 Å². The van der Waals surface area contributed by atoms with Crippen LogP contribution in [0.2, 0.25) is 0 Å². The van der Waals surface area contributed by atoms with Crippen LogP contribution in [0.25, 0.3) is 22.0 Å². The summed E-state index contributed by atoms with van der Waals surface area (Å²) in [4.78, 5) is 26.6. The van der Waals surface area contributed by atoms with Gasteiger partial charge in [-0.1, -0.05) is 18.2 Å². The molecule has 0 fully saturated rings. The van der Waals surface area contributed by atoms with Gasteiger partial charge in [0, 0.05) is 27.7 Å². The van der Waals surface area contributed by atoms with E-state index in [1.54, 1.807) is 11.8 Å². The molecule has 2 aliphatic heterocycles. The number of nitrogens with two attached hydrogens (primary N) is 1. The first-order valence-electron chi connectivity index (χ1n) is 9.49. The SMILES string of the molecule is NCCc1c2c(c3nccc4c3c1Nc1ccccc1-4)NC(=O)CS2.O=C(O)C(F)(F)F. The first-order chi connectivity index (χ1) is 15.2. The van der Waals surface area contributed by atoms with E-state index in [9.17, 15) is 18.0 Å². The quantitative estimate of drug-likeness (QED) is 0.354. The third-order valence-electron chi connectivity index (χ3n) is 4.97. The lowest BCUT2D eigenvalue weighted by Gasteiger charge is -2.29. The standard InChI is InChI=1S/C19H16N4OS.C2HF3O2/c20-7-5-12-16-15-11(10-3-1-2-4-13(10)22-16)6-8-21-17(15)18-19(12)25-9-14(24)23-18;3-2(4,5)1(6)7/h1-4,6,8,22H,5,7,9,20H2,(H,23,24);(H,6,7). The number of para-hydroxylation sites is 1. The smallest absolute Gasteiger partial charge is 0.475 e. The molecule has 0 aliphatic carbocycles. The van der Waals surface area contributed by atoms with Crippen molar-refractivity contribution in [3.8, 4) is 11.1 Å². The summed E-state index contributed by atoms with van der Waals surface area (Å²) in [6.07, 6.45) is -2.52. The molecule has 3 heterocycles. The number of nitrogens with zero attached hydrogens (tertiary/aromatic N) is 1. The maximum Gasteiger partial charge on any atom is 0.490 e. The van der Waals surface area contributed by atoms with Crippen LogP contribution in [0, 0.1) is 0 Å². The molecule has 3 aromatic rings. The number of hydrogen-bond donors (Lipinski definition) is 4. The van der Waals surface area contributed by atoms with Crippen LogP contribution in [-0.4, -0.2) is 40.4 Å². The Bertz CT molecular complexity index is 1250. The van der Waals surface area contributed by atoms with Gasteiger partial charge in [0.05, 0.1) is 22.6 Å². The Hall–Kier alpha value is -3.31. The third-order valence-corrected chi connectivity index (χ3v) is 6.11. The van der Waals surface area contributed by atoms with Crippen molar-refractivity contribution in [3.63, 3.8) is 0 Å². The number of aromatic nitrogens is 1. The average molecular weight is 462 g/mol. The fourth-order valence-corrected chi connectivity index (χ4v) is 4.74. The van der Waals surface area contributed by atoms with Gasteiger partial charge in [0.1, 0.15) is 0 Å². The molecule has 0 saturated heterocycles. The Morgan fingerprint density at radius 1 is 1.16 bits per heavy atom. The summed E-state index contributed by atoms with van der Waals surface area (Å²) in [6, 6.07) is 10.3. The predicted octanol–water partition coefficient (Wildman–Crippen LogP) is 4.14. The number of benzene rings is 2. The number of aliphatic carboxylic acids is 1. The van der Waals surface area contributed by atoms with Gasteiger partial charge in [-0.05, 0) is 36.2 Å². The summed E-state index contributed by atoms with van der Waals surface area (Å²) in [6.45, 7) is 0.554. The Kier molecular flexibility index (Phi) is 5.70. The van der Waals surface area contributed by atoms with Crippen molar-refractivity contribution in [2.45, 2.75) is 17.5 Å². The second-order valence-corrected chi connectivity index (χ2v) is 7.97. The van der Waals surface area contributed by atoms with E-state index in [0.29, 0.717) is 12.3 Å². The maximum absolute atomic E-state index is 12.0. The summed E-state index contributed by atoms with van der Waals surface area (Å²) >= 11 is 1.57. The lowest BCUT2D eigenvalue weighted by atomic mass is 9.91. The molecule has 0 unspecified atom stereocenters. The fourth-order valence-electron chi connectivity index (χ4n) is 3.72. The third kappa shape index (κ3) is 3.84. The van der Waals surface area contributed by atoms with Gasteiger partial charge in [-0.25, -0.2) is 4.79 Å². The van der Waals surface area contributed by atoms with Gasteiger partial charge < -0.3 is 21.5 Å². The molecule has 0 atom stereocenters. The first kappa shape index (κ1) is 21.9. The van der Waals surface area contributed by atoms with E-state index in [1.807, 2.05) is 24.4 Å². The van der Waals surface area contributed by atoms with E-state index in [-0.39, 0.29) is 5.91 Å². The van der Waals surface area contributed by atoms with Gasteiger partial charge in [0.2, 0.25) is 5.91 Å². The zero-order chi connectivity index (χ0) is 23.0. The molecule has 0 radical (unpaired) electrons. The molecule has 2 aromatic carbocycles. The highest BCUT2D eigenvalue weighted by Crippen LogP contribution is 2.51. The number of alkyl halides is 3. The minimum Gasteiger partial charge on any atom is -0.475 e. The minimum absolute atomic E-state index is 0.0165. The normalized spacial score (nSPS) is 13.8. The lowest BCUT2D eigenvalue weighted by Crippen LogP contribution is -2.22. The second kappa shape index (κ2) is 8.32. The average Bonchev–Trinajstić information content (AvgIpc) is 2.76. The number of nitrogens with one attached hydrogen (secondary N) is 2. The zero-order valence-corrected chi connectivity index (χ0v) is 17.2. The number of halogens is 3. The van der Waals surface area contributed by atoms with E-state index in [0.717, 1.165) is 50.4 Å². The summed E-state index contributed by atoms with van der Waals surface area (Å²) in [5.74, 6) is -2.32. The van der Waals surface area contributed by atoms with E-state index in [1.165, 1.54) is 5.56 Å². The Morgan fingerprint density at radius 2 is 1.88 bits per heavy atom. The lowest BCUT2D eigenvalue weighted by molar-refractivity contribution is -0.192. The van der Waals surface area contributed by atoms with E-state index >= 15 is 0 Å². The molecule has 32 heavy (non-hydrogen) atoms. The predicted molar refractivity (Wildman–Crippen MR) is 116 cm³/mol. The van der Waals surface area contributed by atoms with Crippen LogP contribution < -0.4 is 16.4 Å². The summed E-state index contributed by atoms with van der Waals surface area (Å²) < 4.78 is 31.7. The number of hydrogen-bond acceptors (Lipinski definition) is 6. The number of thioether (sulfide) groups is 1. The molecular weight excluding hydrogens is 445 g/mol. The first-order valence-corrected chi connectivity index (χ1v) is 10.5. The number of carbonyl (C=O) groups excluding carboxylic acids is 1. The molecule has 5 N–H and O–H groups in total. The summed E-state index contributed by atoms with van der Waals surface area (Å²) in [5, 5.41) is 14.8. The molecule has 0 bridgehead atoms. The van der Waals surface area contributed by atoms with Crippen molar-refractivity contribution in [1.29, 1.82) is 0 Å². The molecule has 5 rings (SSSR count). The minimum atomic E-state index is -5.08. The van der Waals surface area contributed by atoms with Crippen molar-refractivity contribution in [1.82, 2.24) is 4.98 Å². The van der Waals surface area contributed by atoms with Crippen molar-refractivity contribution >= 4 is 51.6 Å². The number of anilines is 3. The molecule has 1 aromatic heterocycles. The maximum atomic E-state index is 12.0.